The van der Waals surface area contributed by atoms with Crippen molar-refractivity contribution in [3.05, 3.63) is 74.8 Å². The van der Waals surface area contributed by atoms with Gasteiger partial charge in [0, 0.05) is 13.0 Å². The fourth-order valence-electron chi connectivity index (χ4n) is 5.30. The molecule has 12 heteroatoms. The lowest BCUT2D eigenvalue weighted by atomic mass is 9.92. The van der Waals surface area contributed by atoms with E-state index >= 15 is 0 Å². The summed E-state index contributed by atoms with van der Waals surface area (Å²) >= 11 is 12.2. The van der Waals surface area contributed by atoms with Crippen LogP contribution in [-0.2, 0) is 24.3 Å². The van der Waals surface area contributed by atoms with Crippen LogP contribution in [0.15, 0.2) is 52.9 Å². The predicted molar refractivity (Wildman–Crippen MR) is 155 cm³/mol. The number of nitrogens with one attached hydrogen (secondary N) is 1. The number of nitrogens with zero attached hydrogens (tertiary/aromatic N) is 1. The van der Waals surface area contributed by atoms with E-state index in [0.29, 0.717) is 32.1 Å². The Balaban J connectivity index is 1.39. The number of benzene rings is 2. The van der Waals surface area contributed by atoms with Gasteiger partial charge in [0.15, 0.2) is 0 Å². The summed E-state index contributed by atoms with van der Waals surface area (Å²) in [6.07, 6.45) is 3.51. The van der Waals surface area contributed by atoms with Crippen LogP contribution in [0.1, 0.15) is 60.0 Å². The molecule has 1 saturated heterocycles. The number of sulfonamides is 1. The second kappa shape index (κ2) is 12.9. The molecule has 1 aliphatic carbocycles. The van der Waals surface area contributed by atoms with Gasteiger partial charge in [-0.05, 0) is 81.3 Å². The number of halogens is 2. The van der Waals surface area contributed by atoms with E-state index in [1.165, 1.54) is 4.31 Å². The fraction of sp³-hybridized carbons (Fsp3) is 0.414. The summed E-state index contributed by atoms with van der Waals surface area (Å²) in [6, 6.07) is 7.50. The van der Waals surface area contributed by atoms with E-state index in [4.69, 9.17) is 27.9 Å². The number of carbonyl (C=O) groups is 3. The molecule has 2 aliphatic rings. The Morgan fingerprint density at radius 3 is 2.34 bits per heavy atom. The van der Waals surface area contributed by atoms with Crippen LogP contribution in [0.3, 0.4) is 0 Å². The molecule has 3 unspecified atom stereocenters. The third-order valence-electron chi connectivity index (χ3n) is 7.29. The molecule has 1 amide bonds. The zero-order valence-corrected chi connectivity index (χ0v) is 25.1. The molecule has 2 aromatic carbocycles. The Morgan fingerprint density at radius 2 is 1.76 bits per heavy atom. The van der Waals surface area contributed by atoms with Crippen LogP contribution >= 0.6 is 23.2 Å². The first-order valence-corrected chi connectivity index (χ1v) is 15.5. The number of rotatable bonds is 9. The SMILES string of the molecule is Cc1cc(C)cc(S(=O)(=O)N2CCCC2C(=O)NC(CC2=CCC(OC(=O)c3c(Cl)cccc3Cl)CC2)C(=O)O)c1. The van der Waals surface area contributed by atoms with E-state index in [0.717, 1.165) is 16.7 Å². The van der Waals surface area contributed by atoms with Crippen molar-refractivity contribution < 1.29 is 32.6 Å². The highest BCUT2D eigenvalue weighted by atomic mass is 35.5. The van der Waals surface area contributed by atoms with Gasteiger partial charge >= 0.3 is 11.9 Å². The van der Waals surface area contributed by atoms with Gasteiger partial charge in [-0.3, -0.25) is 4.79 Å². The lowest BCUT2D eigenvalue weighted by Crippen LogP contribution is -2.51. The number of amides is 1. The molecule has 220 valence electrons. The Bertz CT molecular complexity index is 1450. The van der Waals surface area contributed by atoms with Crippen LogP contribution in [0, 0.1) is 13.8 Å². The van der Waals surface area contributed by atoms with Gasteiger partial charge in [0.05, 0.1) is 20.5 Å². The van der Waals surface area contributed by atoms with E-state index in [1.54, 1.807) is 44.2 Å². The van der Waals surface area contributed by atoms with Crippen molar-refractivity contribution in [3.63, 3.8) is 0 Å². The number of ether oxygens (including phenoxy) is 1. The topological polar surface area (TPSA) is 130 Å². The van der Waals surface area contributed by atoms with Gasteiger partial charge in [0.1, 0.15) is 18.2 Å². The molecular weight excluding hydrogens is 591 g/mol. The number of hydrogen-bond donors (Lipinski definition) is 2. The molecule has 41 heavy (non-hydrogen) atoms. The van der Waals surface area contributed by atoms with Crippen molar-refractivity contribution in [1.82, 2.24) is 9.62 Å². The second-order valence-corrected chi connectivity index (χ2v) is 13.2. The number of aryl methyl sites for hydroxylation is 2. The highest BCUT2D eigenvalue weighted by Gasteiger charge is 2.40. The van der Waals surface area contributed by atoms with Crippen LogP contribution in [0.2, 0.25) is 10.0 Å². The minimum atomic E-state index is -3.95. The maximum atomic E-state index is 13.4. The average molecular weight is 624 g/mol. The molecule has 3 atom stereocenters. The summed E-state index contributed by atoms with van der Waals surface area (Å²) in [5.74, 6) is -2.49. The van der Waals surface area contributed by atoms with E-state index in [9.17, 15) is 27.9 Å². The molecule has 0 radical (unpaired) electrons. The van der Waals surface area contributed by atoms with Crippen molar-refractivity contribution in [2.75, 3.05) is 6.54 Å². The molecule has 2 aromatic rings. The van der Waals surface area contributed by atoms with Gasteiger partial charge in [-0.25, -0.2) is 18.0 Å². The van der Waals surface area contributed by atoms with Crippen molar-refractivity contribution in [3.8, 4) is 0 Å². The molecule has 9 nitrogen and oxygen atoms in total. The maximum Gasteiger partial charge on any atom is 0.341 e. The quantitative estimate of drug-likeness (QED) is 0.295. The Labute approximate surface area is 249 Å². The third-order valence-corrected chi connectivity index (χ3v) is 9.80. The molecule has 1 fully saturated rings. The largest absolute Gasteiger partial charge is 0.480 e. The first-order chi connectivity index (χ1) is 19.4. The molecule has 4 rings (SSSR count). The summed E-state index contributed by atoms with van der Waals surface area (Å²) in [5.41, 5.74) is 2.48. The zero-order valence-electron chi connectivity index (χ0n) is 22.7. The van der Waals surface area contributed by atoms with Gasteiger partial charge in [0.2, 0.25) is 15.9 Å². The molecule has 0 saturated carbocycles. The Kier molecular flexibility index (Phi) is 9.79. The number of carboxylic acids is 1. The molecule has 2 N–H and O–H groups in total. The van der Waals surface area contributed by atoms with E-state index in [-0.39, 0.29) is 33.5 Å². The Hall–Kier alpha value is -2.92. The first kappa shape index (κ1) is 31.0. The van der Waals surface area contributed by atoms with Crippen molar-refractivity contribution in [1.29, 1.82) is 0 Å². The van der Waals surface area contributed by atoms with E-state index in [2.05, 4.69) is 5.32 Å². The van der Waals surface area contributed by atoms with Crippen molar-refractivity contribution in [2.45, 2.75) is 75.5 Å². The number of esters is 1. The van der Waals surface area contributed by atoms with Crippen molar-refractivity contribution >= 4 is 51.1 Å². The summed E-state index contributed by atoms with van der Waals surface area (Å²) in [5, 5.41) is 12.8. The summed E-state index contributed by atoms with van der Waals surface area (Å²) in [6.45, 7) is 3.78. The van der Waals surface area contributed by atoms with Crippen LogP contribution in [0.4, 0.5) is 0 Å². The van der Waals surface area contributed by atoms with Gasteiger partial charge in [-0.15, -0.1) is 0 Å². The maximum absolute atomic E-state index is 13.4. The Morgan fingerprint density at radius 1 is 1.10 bits per heavy atom. The van der Waals surface area contributed by atoms with Gasteiger partial charge < -0.3 is 15.2 Å². The summed E-state index contributed by atoms with van der Waals surface area (Å²) < 4.78 is 33.5. The van der Waals surface area contributed by atoms with Crippen LogP contribution in [0.5, 0.6) is 0 Å². The van der Waals surface area contributed by atoms with E-state index < -0.39 is 46.1 Å². The number of aliphatic carboxylic acids is 1. The predicted octanol–water partition coefficient (Wildman–Crippen LogP) is 5.06. The molecule has 1 aliphatic heterocycles. The number of carbonyl (C=O) groups excluding carboxylic acids is 2. The number of carboxylic acid groups (broad SMARTS) is 1. The minimum absolute atomic E-state index is 0.0502. The van der Waals surface area contributed by atoms with Gasteiger partial charge in [-0.1, -0.05) is 47.0 Å². The normalized spacial score (nSPS) is 20.2. The van der Waals surface area contributed by atoms with Gasteiger partial charge in [-0.2, -0.15) is 4.31 Å². The molecular formula is C29H32Cl2N2O7S. The standard InChI is InChI=1S/C29H32Cl2N2O7S/c1-17-13-18(2)15-21(14-17)41(38,39)33-12-4-7-25(33)27(34)32-24(28(35)36)16-19-8-10-20(11-9-19)40-29(37)26-22(30)5-3-6-23(26)31/h3,5-6,8,13-15,20,24-25H,4,7,9-12,16H2,1-2H3,(H,32,34)(H,35,36). The van der Waals surface area contributed by atoms with E-state index in [1.807, 2.05) is 12.1 Å². The third kappa shape index (κ3) is 7.30. The fourth-order valence-corrected chi connectivity index (χ4v) is 7.70. The monoisotopic (exact) mass is 622 g/mol. The minimum Gasteiger partial charge on any atom is -0.480 e. The second-order valence-electron chi connectivity index (χ2n) is 10.5. The number of hydrogen-bond acceptors (Lipinski definition) is 6. The lowest BCUT2D eigenvalue weighted by Gasteiger charge is -2.27. The summed E-state index contributed by atoms with van der Waals surface area (Å²) in [4.78, 5) is 38.0. The van der Waals surface area contributed by atoms with Crippen LogP contribution in [0.25, 0.3) is 0 Å². The van der Waals surface area contributed by atoms with Crippen molar-refractivity contribution in [2.24, 2.45) is 0 Å². The lowest BCUT2D eigenvalue weighted by molar-refractivity contribution is -0.142. The zero-order chi connectivity index (χ0) is 29.9. The average Bonchev–Trinajstić information content (AvgIpc) is 3.40. The van der Waals surface area contributed by atoms with Crippen LogP contribution in [-0.4, -0.2) is 60.4 Å². The van der Waals surface area contributed by atoms with Crippen LogP contribution < -0.4 is 5.32 Å². The first-order valence-electron chi connectivity index (χ1n) is 13.3. The molecule has 0 spiro atoms. The molecule has 1 heterocycles. The highest BCUT2D eigenvalue weighted by Crippen LogP contribution is 2.30. The molecule has 0 aromatic heterocycles. The molecule has 0 bridgehead atoms. The smallest absolute Gasteiger partial charge is 0.341 e. The highest BCUT2D eigenvalue weighted by molar-refractivity contribution is 7.89. The van der Waals surface area contributed by atoms with Gasteiger partial charge in [0.25, 0.3) is 0 Å². The summed E-state index contributed by atoms with van der Waals surface area (Å²) in [7, 11) is -3.95.